The van der Waals surface area contributed by atoms with Gasteiger partial charge in [-0.3, -0.25) is 4.98 Å². The molecule has 0 bridgehead atoms. The van der Waals surface area contributed by atoms with E-state index in [0.717, 1.165) is 32.5 Å². The van der Waals surface area contributed by atoms with Crippen molar-refractivity contribution in [1.82, 2.24) is 14.2 Å². The predicted octanol–water partition coefficient (Wildman–Crippen LogP) is 0.645. The van der Waals surface area contributed by atoms with Crippen molar-refractivity contribution < 1.29 is 8.42 Å². The van der Waals surface area contributed by atoms with E-state index in [1.165, 1.54) is 4.31 Å². The number of pyridine rings is 1. The van der Waals surface area contributed by atoms with Gasteiger partial charge in [0.25, 0.3) is 0 Å². The highest BCUT2D eigenvalue weighted by molar-refractivity contribution is 7.89. The molecule has 1 aromatic heterocycles. The lowest BCUT2D eigenvalue weighted by Crippen LogP contribution is -2.45. The minimum absolute atomic E-state index is 0.0450. The second-order valence-corrected chi connectivity index (χ2v) is 7.30. The molecule has 0 aliphatic carbocycles. The zero-order valence-corrected chi connectivity index (χ0v) is 13.5. The molecular weight excluding hydrogens is 288 g/mol. The number of rotatable bonds is 5. The van der Waals surface area contributed by atoms with Gasteiger partial charge in [0.15, 0.2) is 0 Å². The maximum atomic E-state index is 12.8. The number of nitrogens with zero attached hydrogens (tertiary/aromatic N) is 3. The number of hydrogen-bond acceptors (Lipinski definition) is 5. The molecule has 21 heavy (non-hydrogen) atoms. The van der Waals surface area contributed by atoms with Crippen molar-refractivity contribution in [1.29, 1.82) is 0 Å². The Hall–Kier alpha value is -1.02. The van der Waals surface area contributed by atoms with Gasteiger partial charge in [0, 0.05) is 25.8 Å². The summed E-state index contributed by atoms with van der Waals surface area (Å²) >= 11 is 0. The van der Waals surface area contributed by atoms with Crippen molar-refractivity contribution in [2.24, 2.45) is 5.73 Å². The fourth-order valence-electron chi connectivity index (χ4n) is 2.76. The lowest BCUT2D eigenvalue weighted by molar-refractivity contribution is 0.176. The van der Waals surface area contributed by atoms with Crippen molar-refractivity contribution >= 4 is 10.0 Å². The highest BCUT2D eigenvalue weighted by atomic mass is 32.2. The first kappa shape index (κ1) is 16.4. The van der Waals surface area contributed by atoms with Crippen molar-refractivity contribution in [2.45, 2.75) is 37.2 Å². The van der Waals surface area contributed by atoms with E-state index in [1.54, 1.807) is 25.4 Å². The molecule has 1 aliphatic heterocycles. The first-order chi connectivity index (χ1) is 10.0. The predicted molar refractivity (Wildman–Crippen MR) is 82.2 cm³/mol. The number of sulfonamides is 1. The average molecular weight is 312 g/mol. The Bertz CT molecular complexity index is 568. The van der Waals surface area contributed by atoms with Gasteiger partial charge in [0.05, 0.1) is 5.69 Å². The lowest BCUT2D eigenvalue weighted by Gasteiger charge is -2.35. The second-order valence-electron chi connectivity index (χ2n) is 5.34. The van der Waals surface area contributed by atoms with Gasteiger partial charge in [0.2, 0.25) is 10.0 Å². The van der Waals surface area contributed by atoms with Crippen LogP contribution in [0.2, 0.25) is 0 Å². The lowest BCUT2D eigenvalue weighted by atomic mass is 10.1. The quantitative estimate of drug-likeness (QED) is 0.863. The minimum Gasteiger partial charge on any atom is -0.325 e. The van der Waals surface area contributed by atoms with E-state index in [1.807, 2.05) is 0 Å². The Balaban J connectivity index is 2.19. The van der Waals surface area contributed by atoms with Crippen molar-refractivity contribution in [3.05, 3.63) is 24.0 Å². The third-order valence-electron chi connectivity index (χ3n) is 4.22. The zero-order valence-electron chi connectivity index (χ0n) is 12.7. The standard InChI is InChI=1S/C14H24N4O2S/c1-3-18-9-6-12(7-10-18)17(2)21(19,20)14-5-4-8-16-13(14)11-15/h4-5,8,12H,3,6-7,9-11,15H2,1-2H3. The number of aromatic nitrogens is 1. The summed E-state index contributed by atoms with van der Waals surface area (Å²) in [7, 11) is -1.87. The maximum Gasteiger partial charge on any atom is 0.244 e. The number of likely N-dealkylation sites (tertiary alicyclic amines) is 1. The summed E-state index contributed by atoms with van der Waals surface area (Å²) in [6, 6.07) is 3.27. The molecule has 0 saturated carbocycles. The van der Waals surface area contributed by atoms with Gasteiger partial charge in [-0.25, -0.2) is 8.42 Å². The first-order valence-electron chi connectivity index (χ1n) is 7.35. The number of nitrogens with two attached hydrogens (primary N) is 1. The van der Waals surface area contributed by atoms with E-state index in [-0.39, 0.29) is 17.5 Å². The SMILES string of the molecule is CCN1CCC(N(C)S(=O)(=O)c2cccnc2CN)CC1. The Morgan fingerprint density at radius 2 is 2.10 bits per heavy atom. The Morgan fingerprint density at radius 1 is 1.43 bits per heavy atom. The van der Waals surface area contributed by atoms with Crippen LogP contribution in [0.5, 0.6) is 0 Å². The number of hydrogen-bond donors (Lipinski definition) is 1. The van der Waals surface area contributed by atoms with Crippen LogP contribution >= 0.6 is 0 Å². The zero-order chi connectivity index (χ0) is 15.5. The molecule has 0 amide bonds. The van der Waals surface area contributed by atoms with Crippen LogP contribution in [0, 0.1) is 0 Å². The summed E-state index contributed by atoms with van der Waals surface area (Å²) in [6.45, 7) is 5.15. The van der Waals surface area contributed by atoms with Crippen molar-refractivity contribution in [2.75, 3.05) is 26.7 Å². The summed E-state index contributed by atoms with van der Waals surface area (Å²) in [5.41, 5.74) is 6.04. The molecule has 2 rings (SSSR count). The molecule has 7 heteroatoms. The van der Waals surface area contributed by atoms with Crippen molar-refractivity contribution in [3.8, 4) is 0 Å². The van der Waals surface area contributed by atoms with Crippen LogP contribution in [-0.2, 0) is 16.6 Å². The van der Waals surface area contributed by atoms with Gasteiger partial charge < -0.3 is 10.6 Å². The van der Waals surface area contributed by atoms with Gasteiger partial charge in [-0.1, -0.05) is 6.92 Å². The molecule has 1 aliphatic rings. The highest BCUT2D eigenvalue weighted by Crippen LogP contribution is 2.23. The van der Waals surface area contributed by atoms with E-state index >= 15 is 0 Å². The van der Waals surface area contributed by atoms with Crippen molar-refractivity contribution in [3.63, 3.8) is 0 Å². The summed E-state index contributed by atoms with van der Waals surface area (Å²) in [6.07, 6.45) is 3.30. The van der Waals surface area contributed by atoms with Crippen LogP contribution in [0.4, 0.5) is 0 Å². The molecule has 0 spiro atoms. The summed E-state index contributed by atoms with van der Waals surface area (Å²) in [4.78, 5) is 6.65. The van der Waals surface area contributed by atoms with E-state index in [9.17, 15) is 8.42 Å². The Morgan fingerprint density at radius 3 is 2.67 bits per heavy atom. The van der Waals surface area contributed by atoms with Gasteiger partial charge in [-0.2, -0.15) is 4.31 Å². The monoisotopic (exact) mass is 312 g/mol. The van der Waals surface area contributed by atoms with Gasteiger partial charge >= 0.3 is 0 Å². The molecule has 1 aromatic rings. The molecule has 1 fully saturated rings. The summed E-state index contributed by atoms with van der Waals surface area (Å²) < 4.78 is 27.1. The van der Waals surface area contributed by atoms with E-state index in [0.29, 0.717) is 5.69 Å². The molecule has 0 aromatic carbocycles. The average Bonchev–Trinajstić information content (AvgIpc) is 2.54. The van der Waals surface area contributed by atoms with Gasteiger partial charge in [0.1, 0.15) is 4.90 Å². The smallest absolute Gasteiger partial charge is 0.244 e. The molecule has 0 unspecified atom stereocenters. The number of piperidine rings is 1. The molecule has 2 N–H and O–H groups in total. The highest BCUT2D eigenvalue weighted by Gasteiger charge is 2.31. The third kappa shape index (κ3) is 3.42. The van der Waals surface area contributed by atoms with Crippen LogP contribution in [-0.4, -0.2) is 55.3 Å². The summed E-state index contributed by atoms with van der Waals surface area (Å²) in [5.74, 6) is 0. The van der Waals surface area contributed by atoms with Crippen LogP contribution in [0.15, 0.2) is 23.2 Å². The van der Waals surface area contributed by atoms with Crippen LogP contribution in [0.3, 0.4) is 0 Å². The van der Waals surface area contributed by atoms with E-state index in [4.69, 9.17) is 5.73 Å². The third-order valence-corrected chi connectivity index (χ3v) is 6.20. The molecule has 0 atom stereocenters. The first-order valence-corrected chi connectivity index (χ1v) is 8.79. The van der Waals surface area contributed by atoms with E-state index in [2.05, 4.69) is 16.8 Å². The largest absolute Gasteiger partial charge is 0.325 e. The summed E-state index contributed by atoms with van der Waals surface area (Å²) in [5, 5.41) is 0. The topological polar surface area (TPSA) is 79.5 Å². The van der Waals surface area contributed by atoms with Gasteiger partial charge in [-0.15, -0.1) is 0 Å². The fourth-order valence-corrected chi connectivity index (χ4v) is 4.36. The van der Waals surface area contributed by atoms with E-state index < -0.39 is 10.0 Å². The normalized spacial score (nSPS) is 18.3. The second kappa shape index (κ2) is 6.83. The van der Waals surface area contributed by atoms with Crippen LogP contribution in [0.1, 0.15) is 25.5 Å². The maximum absolute atomic E-state index is 12.8. The van der Waals surface area contributed by atoms with Crippen LogP contribution < -0.4 is 5.73 Å². The Kier molecular flexibility index (Phi) is 5.32. The molecule has 1 saturated heterocycles. The molecule has 0 radical (unpaired) electrons. The van der Waals surface area contributed by atoms with Gasteiger partial charge in [-0.05, 0) is 44.6 Å². The Labute approximate surface area is 127 Å². The fraction of sp³-hybridized carbons (Fsp3) is 0.643. The van der Waals surface area contributed by atoms with Crippen LogP contribution in [0.25, 0.3) is 0 Å². The minimum atomic E-state index is -3.53. The molecule has 2 heterocycles. The molecule has 6 nitrogen and oxygen atoms in total. The molecular formula is C14H24N4O2S. The molecule has 118 valence electrons.